The first-order chi connectivity index (χ1) is 18.7. The third kappa shape index (κ3) is 10.6. The fourth-order valence-electron chi connectivity index (χ4n) is 4.78. The van der Waals surface area contributed by atoms with Gasteiger partial charge in [-0.15, -0.1) is 0 Å². The molecule has 0 bridgehead atoms. The highest BCUT2D eigenvalue weighted by Gasteiger charge is 2.10. The van der Waals surface area contributed by atoms with Gasteiger partial charge in [-0.1, -0.05) is 115 Å². The Morgan fingerprint density at radius 3 is 1.82 bits per heavy atom. The van der Waals surface area contributed by atoms with Crippen LogP contribution in [0.1, 0.15) is 109 Å². The second-order valence-electron chi connectivity index (χ2n) is 10.5. The predicted octanol–water partition coefficient (Wildman–Crippen LogP) is 10.4. The van der Waals surface area contributed by atoms with Crippen molar-refractivity contribution < 1.29 is 9.13 Å². The molecule has 0 spiro atoms. The van der Waals surface area contributed by atoms with E-state index in [1.807, 2.05) is 6.07 Å². The summed E-state index contributed by atoms with van der Waals surface area (Å²) in [5.74, 6) is 0.595. The number of unbranched alkanes of at least 4 members (excludes halogenated alkanes) is 12. The quantitative estimate of drug-likeness (QED) is 0.148. The zero-order valence-corrected chi connectivity index (χ0v) is 23.7. The van der Waals surface area contributed by atoms with Crippen LogP contribution in [0.25, 0.3) is 22.5 Å². The highest BCUT2D eigenvalue weighted by Crippen LogP contribution is 2.26. The van der Waals surface area contributed by atoms with Crippen LogP contribution >= 0.6 is 0 Å². The number of benzene rings is 2. The Morgan fingerprint density at radius 1 is 0.632 bits per heavy atom. The van der Waals surface area contributed by atoms with Crippen molar-refractivity contribution in [2.24, 2.45) is 0 Å². The molecule has 0 aliphatic rings. The molecule has 2 aromatic carbocycles. The molecule has 38 heavy (non-hydrogen) atoms. The third-order valence-corrected chi connectivity index (χ3v) is 7.21. The number of hydrogen-bond donors (Lipinski definition) is 0. The second kappa shape index (κ2) is 17.7. The molecule has 1 aromatic heterocycles. The van der Waals surface area contributed by atoms with Gasteiger partial charge < -0.3 is 4.74 Å². The van der Waals surface area contributed by atoms with Crippen molar-refractivity contribution >= 4 is 0 Å². The molecule has 3 nitrogen and oxygen atoms in total. The van der Waals surface area contributed by atoms with E-state index in [-0.39, 0.29) is 5.82 Å². The second-order valence-corrected chi connectivity index (χ2v) is 10.5. The smallest absolute Gasteiger partial charge is 0.162 e. The van der Waals surface area contributed by atoms with Crippen LogP contribution in [-0.4, -0.2) is 16.6 Å². The van der Waals surface area contributed by atoms with Gasteiger partial charge in [0, 0.05) is 24.0 Å². The molecule has 0 atom stereocenters. The number of rotatable bonds is 19. The van der Waals surface area contributed by atoms with Gasteiger partial charge in [-0.25, -0.2) is 14.4 Å². The molecule has 0 aliphatic heterocycles. The van der Waals surface area contributed by atoms with Gasteiger partial charge in [-0.3, -0.25) is 0 Å². The summed E-state index contributed by atoms with van der Waals surface area (Å²) in [6, 6.07) is 13.6. The lowest BCUT2D eigenvalue weighted by Gasteiger charge is -2.09. The lowest BCUT2D eigenvalue weighted by atomic mass is 10.0. The molecule has 1 heterocycles. The van der Waals surface area contributed by atoms with Crippen LogP contribution in [0.4, 0.5) is 4.39 Å². The predicted molar refractivity (Wildman–Crippen MR) is 158 cm³/mol. The molecule has 0 amide bonds. The van der Waals surface area contributed by atoms with E-state index in [9.17, 15) is 4.39 Å². The molecule has 0 fully saturated rings. The Bertz CT molecular complexity index is 1030. The molecular weight excluding hydrogens is 471 g/mol. The molecule has 3 aromatic rings. The summed E-state index contributed by atoms with van der Waals surface area (Å²) >= 11 is 0. The van der Waals surface area contributed by atoms with E-state index >= 15 is 0 Å². The molecule has 206 valence electrons. The number of aromatic nitrogens is 2. The zero-order chi connectivity index (χ0) is 26.8. The summed E-state index contributed by atoms with van der Waals surface area (Å²) in [5.41, 5.74) is 3.78. The van der Waals surface area contributed by atoms with Crippen molar-refractivity contribution in [2.45, 2.75) is 110 Å². The molecule has 0 saturated heterocycles. The summed E-state index contributed by atoms with van der Waals surface area (Å²) in [5, 5.41) is 0. The van der Waals surface area contributed by atoms with Gasteiger partial charge in [0.25, 0.3) is 0 Å². The molecular formula is C34H47FN2O. The first kappa shape index (κ1) is 29.8. The minimum atomic E-state index is -0.356. The topological polar surface area (TPSA) is 35.0 Å². The van der Waals surface area contributed by atoms with Crippen molar-refractivity contribution in [3.63, 3.8) is 0 Å². The average Bonchev–Trinajstić information content (AvgIpc) is 2.95. The minimum Gasteiger partial charge on any atom is -0.493 e. The summed E-state index contributed by atoms with van der Waals surface area (Å²) in [6.45, 7) is 5.12. The minimum absolute atomic E-state index is 0.356. The molecule has 0 aliphatic carbocycles. The van der Waals surface area contributed by atoms with E-state index in [0.717, 1.165) is 30.4 Å². The largest absolute Gasteiger partial charge is 0.493 e. The highest BCUT2D eigenvalue weighted by molar-refractivity contribution is 5.64. The van der Waals surface area contributed by atoms with Crippen LogP contribution in [0.15, 0.2) is 54.9 Å². The first-order valence-electron chi connectivity index (χ1n) is 15.0. The zero-order valence-electron chi connectivity index (χ0n) is 23.7. The fraction of sp³-hybridized carbons (Fsp3) is 0.529. The van der Waals surface area contributed by atoms with Crippen LogP contribution in [-0.2, 0) is 6.42 Å². The maximum Gasteiger partial charge on any atom is 0.162 e. The van der Waals surface area contributed by atoms with E-state index in [1.54, 1.807) is 18.5 Å². The number of nitrogens with zero attached hydrogens (tertiary/aromatic N) is 2. The van der Waals surface area contributed by atoms with Gasteiger partial charge in [-0.2, -0.15) is 0 Å². The van der Waals surface area contributed by atoms with Crippen molar-refractivity contribution in [1.29, 1.82) is 0 Å². The Hall–Kier alpha value is -2.75. The van der Waals surface area contributed by atoms with Crippen molar-refractivity contribution in [3.05, 3.63) is 66.2 Å². The van der Waals surface area contributed by atoms with Gasteiger partial charge in [0.15, 0.2) is 5.82 Å². The van der Waals surface area contributed by atoms with Gasteiger partial charge in [0.1, 0.15) is 11.6 Å². The van der Waals surface area contributed by atoms with Gasteiger partial charge in [-0.05, 0) is 42.5 Å². The maximum atomic E-state index is 14.8. The Morgan fingerprint density at radius 2 is 1.21 bits per heavy atom. The van der Waals surface area contributed by atoms with E-state index in [1.165, 1.54) is 88.7 Å². The molecule has 0 unspecified atom stereocenters. The van der Waals surface area contributed by atoms with Gasteiger partial charge >= 0.3 is 0 Å². The monoisotopic (exact) mass is 518 g/mol. The normalized spacial score (nSPS) is 11.1. The highest BCUT2D eigenvalue weighted by atomic mass is 19.1. The fourth-order valence-corrected chi connectivity index (χ4v) is 4.78. The number of halogens is 1. The van der Waals surface area contributed by atoms with Gasteiger partial charge in [0.2, 0.25) is 0 Å². The lowest BCUT2D eigenvalue weighted by Crippen LogP contribution is -1.99. The summed E-state index contributed by atoms with van der Waals surface area (Å²) < 4.78 is 20.6. The lowest BCUT2D eigenvalue weighted by molar-refractivity contribution is 0.303. The van der Waals surface area contributed by atoms with Crippen molar-refractivity contribution in [3.8, 4) is 28.3 Å². The Labute approximate surface area is 230 Å². The Balaban J connectivity index is 1.43. The van der Waals surface area contributed by atoms with E-state index in [0.29, 0.717) is 23.7 Å². The van der Waals surface area contributed by atoms with Crippen LogP contribution in [0.3, 0.4) is 0 Å². The average molecular weight is 519 g/mol. The van der Waals surface area contributed by atoms with Crippen LogP contribution < -0.4 is 4.74 Å². The van der Waals surface area contributed by atoms with Crippen molar-refractivity contribution in [1.82, 2.24) is 9.97 Å². The molecule has 0 saturated carbocycles. The van der Waals surface area contributed by atoms with E-state index in [2.05, 4.69) is 48.1 Å². The summed E-state index contributed by atoms with van der Waals surface area (Å²) in [7, 11) is 0. The van der Waals surface area contributed by atoms with Crippen LogP contribution in [0.2, 0.25) is 0 Å². The molecule has 0 radical (unpaired) electrons. The van der Waals surface area contributed by atoms with Crippen LogP contribution in [0.5, 0.6) is 5.75 Å². The van der Waals surface area contributed by atoms with Crippen molar-refractivity contribution in [2.75, 3.05) is 6.61 Å². The summed E-state index contributed by atoms with van der Waals surface area (Å²) in [4.78, 5) is 8.91. The maximum absolute atomic E-state index is 14.8. The first-order valence-corrected chi connectivity index (χ1v) is 15.0. The number of hydrogen-bond acceptors (Lipinski definition) is 3. The third-order valence-electron chi connectivity index (χ3n) is 7.21. The number of aryl methyl sites for hydroxylation is 1. The Kier molecular flexibility index (Phi) is 13.9. The molecule has 3 rings (SSSR count). The van der Waals surface area contributed by atoms with E-state index < -0.39 is 0 Å². The summed E-state index contributed by atoms with van der Waals surface area (Å²) in [6.07, 6.45) is 22.6. The van der Waals surface area contributed by atoms with Crippen LogP contribution in [0, 0.1) is 5.82 Å². The van der Waals surface area contributed by atoms with Gasteiger partial charge in [0.05, 0.1) is 12.2 Å². The molecule has 0 N–H and O–H groups in total. The molecule has 4 heteroatoms. The van der Waals surface area contributed by atoms with E-state index in [4.69, 9.17) is 4.74 Å². The SMILES string of the molecule is CCCCCCCCCCOc1ccc(-c2ncc(-c3ccc(CCCCCCCC)cc3)cn2)c(F)c1. The standard InChI is InChI=1S/C34H47FN2O/c1-3-5-7-9-11-12-14-16-24-38-31-22-23-32(33(35)25-31)34-36-26-30(27-37-34)29-20-18-28(19-21-29)17-15-13-10-8-6-4-2/h18-23,25-27H,3-17,24H2,1-2H3. The number of ether oxygens (including phenoxy) is 1.